The molecule has 0 fully saturated rings. The van der Waals surface area contributed by atoms with Gasteiger partial charge in [0.05, 0.1) is 10.2 Å². The Kier molecular flexibility index (Phi) is 3.36. The van der Waals surface area contributed by atoms with Crippen molar-refractivity contribution in [2.24, 2.45) is 0 Å². The van der Waals surface area contributed by atoms with Crippen molar-refractivity contribution in [3.05, 3.63) is 11.8 Å². The molecule has 2 heteroatoms. The van der Waals surface area contributed by atoms with Crippen LogP contribution in [0.1, 0.15) is 0 Å². The molecule has 0 rings (SSSR count). The highest BCUT2D eigenvalue weighted by molar-refractivity contribution is 6.18. The minimum Gasteiger partial charge on any atom is -0.299 e. The Morgan fingerprint density at radius 3 is 2.20 bits per heavy atom. The molecule has 3 radical (unpaired) electrons. The highest BCUT2D eigenvalue weighted by Crippen LogP contribution is 1.48. The summed E-state index contributed by atoms with van der Waals surface area (Å²) in [6.45, 7) is 0. The van der Waals surface area contributed by atoms with Gasteiger partial charge in [0.2, 0.25) is 0 Å². The van der Waals surface area contributed by atoms with Crippen molar-refractivity contribution < 1.29 is 4.79 Å². The zero-order chi connectivity index (χ0) is 4.12. The molecule has 0 N–H and O–H groups in total. The van der Waals surface area contributed by atoms with Gasteiger partial charge in [-0.3, -0.25) is 4.79 Å². The van der Waals surface area contributed by atoms with Gasteiger partial charge in [-0.25, -0.2) is 0 Å². The van der Waals surface area contributed by atoms with Crippen molar-refractivity contribution in [2.75, 3.05) is 0 Å². The molecule has 0 aliphatic heterocycles. The Morgan fingerprint density at radius 2 is 2.20 bits per heavy atom. The fraction of sp³-hybridized carbons (Fsp3) is 0. The van der Waals surface area contributed by atoms with E-state index in [1.165, 1.54) is 11.8 Å². The van der Waals surface area contributed by atoms with Gasteiger partial charge in [-0.05, 0) is 6.08 Å². The lowest BCUT2D eigenvalue weighted by Crippen LogP contribution is -1.54. The van der Waals surface area contributed by atoms with Gasteiger partial charge in [-0.2, -0.15) is 0 Å². The average molecular weight is 83.1 g/mol. The van der Waals surface area contributed by atoms with Gasteiger partial charge >= 0.3 is 0 Å². The quantitative estimate of drug-likeness (QED) is 0.245. The van der Waals surface area contributed by atoms with E-state index in [1.807, 2.05) is 0 Å². The summed E-state index contributed by atoms with van der Waals surface area (Å²) in [6, 6.07) is 0. The summed E-state index contributed by atoms with van der Waals surface area (Å²) in [4.78, 5) is 9.29. The number of rotatable bonds is 1. The van der Waals surface area contributed by atoms with E-state index < -0.39 is 0 Å². The SMILES string of the molecule is O=CC=C[Si]. The molecule has 0 unspecified atom stereocenters. The summed E-state index contributed by atoms with van der Waals surface area (Å²) in [5.74, 6) is 0. The number of allylic oxidation sites excluding steroid dienone is 1. The van der Waals surface area contributed by atoms with Gasteiger partial charge < -0.3 is 0 Å². The number of hydrogen-bond acceptors (Lipinski definition) is 1. The smallest absolute Gasteiger partial charge is 0.142 e. The van der Waals surface area contributed by atoms with Crippen molar-refractivity contribution in [2.45, 2.75) is 0 Å². The third-order valence-corrected chi connectivity index (χ3v) is 0.367. The molecular weight excluding hydrogens is 80.1 g/mol. The first-order chi connectivity index (χ1) is 2.41. The van der Waals surface area contributed by atoms with Crippen LogP contribution >= 0.6 is 0 Å². The molecule has 0 amide bonds. The summed E-state index contributed by atoms with van der Waals surface area (Å²) in [5.41, 5.74) is 1.49. The second kappa shape index (κ2) is 3.63. The van der Waals surface area contributed by atoms with Crippen LogP contribution in [0.3, 0.4) is 0 Å². The predicted octanol–water partition coefficient (Wildman–Crippen LogP) is -0.133. The molecule has 25 valence electrons. The Morgan fingerprint density at radius 1 is 1.60 bits per heavy atom. The topological polar surface area (TPSA) is 17.1 Å². The third kappa shape index (κ3) is 3.63. The van der Waals surface area contributed by atoms with E-state index in [0.717, 1.165) is 0 Å². The van der Waals surface area contributed by atoms with Crippen LogP contribution in [0.5, 0.6) is 0 Å². The molecule has 0 saturated heterocycles. The molecule has 0 bridgehead atoms. The highest BCUT2D eigenvalue weighted by Gasteiger charge is 1.48. The number of hydrogen-bond donors (Lipinski definition) is 0. The van der Waals surface area contributed by atoms with Crippen molar-refractivity contribution >= 4 is 16.5 Å². The molecule has 0 aliphatic carbocycles. The lowest BCUT2D eigenvalue weighted by Gasteiger charge is -1.50. The maximum atomic E-state index is 9.29. The average Bonchev–Trinajstić information content (AvgIpc) is 1.41. The molecule has 0 aromatic rings. The fourth-order valence-corrected chi connectivity index (χ4v) is 0.118. The summed E-state index contributed by atoms with van der Waals surface area (Å²) in [6.07, 6.45) is 2.06. The maximum absolute atomic E-state index is 9.29. The molecule has 0 heterocycles. The Bertz CT molecular complexity index is 48.9. The fourth-order valence-electron chi connectivity index (χ4n) is 0.0393. The summed E-state index contributed by atoms with van der Waals surface area (Å²) in [7, 11) is 2.94. The minimum absolute atomic E-state index is 0.701. The predicted molar refractivity (Wildman–Crippen MR) is 21.0 cm³/mol. The van der Waals surface area contributed by atoms with E-state index in [4.69, 9.17) is 0 Å². The van der Waals surface area contributed by atoms with Gasteiger partial charge in [0.25, 0.3) is 0 Å². The molecular formula is C3H3OSi. The zero-order valence-electron chi connectivity index (χ0n) is 2.64. The van der Waals surface area contributed by atoms with Crippen LogP contribution in [0.4, 0.5) is 0 Å². The van der Waals surface area contributed by atoms with Crippen LogP contribution in [-0.4, -0.2) is 16.5 Å². The van der Waals surface area contributed by atoms with E-state index in [-0.39, 0.29) is 0 Å². The summed E-state index contributed by atoms with van der Waals surface area (Å²) in [5, 5.41) is 0. The van der Waals surface area contributed by atoms with Gasteiger partial charge in [-0.15, -0.1) is 0 Å². The molecule has 1 nitrogen and oxygen atoms in total. The number of aldehydes is 1. The van der Waals surface area contributed by atoms with Crippen LogP contribution in [0.2, 0.25) is 0 Å². The second-order valence-electron chi connectivity index (χ2n) is 0.495. The third-order valence-electron chi connectivity index (χ3n) is 0.175. The van der Waals surface area contributed by atoms with Crippen LogP contribution in [0, 0.1) is 0 Å². The first-order valence-electron chi connectivity index (χ1n) is 1.19. The summed E-state index contributed by atoms with van der Waals surface area (Å²) < 4.78 is 0. The van der Waals surface area contributed by atoms with E-state index in [0.29, 0.717) is 6.29 Å². The van der Waals surface area contributed by atoms with Gasteiger partial charge in [0.15, 0.2) is 0 Å². The Balaban J connectivity index is 2.92. The van der Waals surface area contributed by atoms with Crippen LogP contribution in [0.25, 0.3) is 0 Å². The van der Waals surface area contributed by atoms with Gasteiger partial charge in [0.1, 0.15) is 6.29 Å². The largest absolute Gasteiger partial charge is 0.299 e. The Hall–Kier alpha value is -0.373. The lowest BCUT2D eigenvalue weighted by atomic mass is 10.7. The van der Waals surface area contributed by atoms with Crippen LogP contribution in [-0.2, 0) is 4.79 Å². The van der Waals surface area contributed by atoms with Crippen molar-refractivity contribution in [1.29, 1.82) is 0 Å². The van der Waals surface area contributed by atoms with E-state index in [9.17, 15) is 4.79 Å². The normalized spacial score (nSPS) is 9.00. The van der Waals surface area contributed by atoms with Crippen LogP contribution in [0.15, 0.2) is 11.8 Å². The molecule has 0 atom stereocenters. The molecule has 0 saturated carbocycles. The van der Waals surface area contributed by atoms with Crippen molar-refractivity contribution in [1.82, 2.24) is 0 Å². The summed E-state index contributed by atoms with van der Waals surface area (Å²) >= 11 is 0. The second-order valence-corrected chi connectivity index (χ2v) is 0.829. The lowest BCUT2D eigenvalue weighted by molar-refractivity contribution is -0.104. The maximum Gasteiger partial charge on any atom is 0.142 e. The van der Waals surface area contributed by atoms with Crippen molar-refractivity contribution in [3.63, 3.8) is 0 Å². The standard InChI is InChI=1S/C3H3OSi/c4-2-1-3-5/h1-3H. The van der Waals surface area contributed by atoms with Gasteiger partial charge in [-0.1, -0.05) is 5.70 Å². The van der Waals surface area contributed by atoms with E-state index in [1.54, 1.807) is 0 Å². The molecule has 0 aliphatic rings. The van der Waals surface area contributed by atoms with E-state index in [2.05, 4.69) is 10.2 Å². The number of carbonyl (C=O) groups is 1. The first-order valence-corrected chi connectivity index (χ1v) is 1.77. The first kappa shape index (κ1) is 4.63. The monoisotopic (exact) mass is 83.0 g/mol. The molecule has 0 spiro atoms. The molecule has 5 heavy (non-hydrogen) atoms. The minimum atomic E-state index is 0.701. The highest BCUT2D eigenvalue weighted by atomic mass is 28.1. The van der Waals surface area contributed by atoms with Crippen molar-refractivity contribution in [3.8, 4) is 0 Å². The number of carbonyl (C=O) groups excluding carboxylic acids is 1. The van der Waals surface area contributed by atoms with Crippen LogP contribution < -0.4 is 0 Å². The van der Waals surface area contributed by atoms with Gasteiger partial charge in [0, 0.05) is 0 Å². The molecule has 0 aromatic heterocycles. The Labute approximate surface area is 34.1 Å². The van der Waals surface area contributed by atoms with E-state index >= 15 is 0 Å². The zero-order valence-corrected chi connectivity index (χ0v) is 3.64. The molecule has 0 aromatic carbocycles.